The van der Waals surface area contributed by atoms with Crippen molar-refractivity contribution in [3.8, 4) is 0 Å². The molecule has 0 radical (unpaired) electrons. The van der Waals surface area contributed by atoms with Gasteiger partial charge in [-0.2, -0.15) is 13.2 Å². The molecule has 0 spiro atoms. The zero-order valence-corrected chi connectivity index (χ0v) is 10.8. The van der Waals surface area contributed by atoms with Crippen molar-refractivity contribution in [2.24, 2.45) is 0 Å². The highest BCUT2D eigenvalue weighted by Gasteiger charge is 2.38. The number of nitrogens with zero attached hydrogens (tertiary/aromatic N) is 2. The minimum absolute atomic E-state index is 0.0644. The molecule has 0 saturated heterocycles. The van der Waals surface area contributed by atoms with Crippen LogP contribution < -0.4 is 0 Å². The van der Waals surface area contributed by atoms with Crippen LogP contribution in [0.3, 0.4) is 0 Å². The summed E-state index contributed by atoms with van der Waals surface area (Å²) in [4.78, 5) is 0. The van der Waals surface area contributed by atoms with E-state index in [-0.39, 0.29) is 11.8 Å². The fraction of sp³-hybridized carbons (Fsp3) is 0.833. The normalized spacial score (nSPS) is 13.8. The average molecular weight is 264 g/mol. The molecule has 1 rings (SSSR count). The molecule has 0 bridgehead atoms. The minimum atomic E-state index is -4.55. The third-order valence-corrected chi connectivity index (χ3v) is 2.93. The van der Waals surface area contributed by atoms with Gasteiger partial charge in [0.25, 0.3) is 0 Å². The molecule has 1 unspecified atom stereocenters. The molecule has 0 saturated carbocycles. The molecule has 0 aliphatic rings. The Hall–Kier alpha value is -1.07. The Kier molecular flexibility index (Phi) is 5.62. The van der Waals surface area contributed by atoms with E-state index < -0.39 is 12.1 Å². The summed E-state index contributed by atoms with van der Waals surface area (Å²) >= 11 is 0. The Morgan fingerprint density at radius 1 is 1.11 bits per heavy atom. The van der Waals surface area contributed by atoms with Gasteiger partial charge >= 0.3 is 12.1 Å². The predicted octanol–water partition coefficient (Wildman–Crippen LogP) is 4.55. The van der Waals surface area contributed by atoms with Crippen molar-refractivity contribution in [3.05, 3.63) is 11.8 Å². The van der Waals surface area contributed by atoms with Crippen LogP contribution in [0.15, 0.2) is 4.42 Å². The molecule has 6 heteroatoms. The van der Waals surface area contributed by atoms with Crippen molar-refractivity contribution in [1.82, 2.24) is 10.2 Å². The van der Waals surface area contributed by atoms with Gasteiger partial charge < -0.3 is 4.42 Å². The SMILES string of the molecule is CCCCCCC(CC)c1nnc(C(F)(F)F)o1. The first-order chi connectivity index (χ1) is 8.49. The minimum Gasteiger partial charge on any atom is -0.417 e. The summed E-state index contributed by atoms with van der Waals surface area (Å²) in [5.41, 5.74) is 0. The molecule has 104 valence electrons. The van der Waals surface area contributed by atoms with Crippen LogP contribution in [-0.4, -0.2) is 10.2 Å². The third-order valence-electron chi connectivity index (χ3n) is 2.93. The topological polar surface area (TPSA) is 38.9 Å². The average Bonchev–Trinajstić information content (AvgIpc) is 2.78. The van der Waals surface area contributed by atoms with Gasteiger partial charge in [-0.25, -0.2) is 0 Å². The van der Waals surface area contributed by atoms with Crippen LogP contribution in [0.25, 0.3) is 0 Å². The van der Waals surface area contributed by atoms with Crippen LogP contribution in [0.2, 0.25) is 0 Å². The first kappa shape index (κ1) is 15.0. The Morgan fingerprint density at radius 3 is 2.33 bits per heavy atom. The number of aromatic nitrogens is 2. The maximum absolute atomic E-state index is 12.3. The van der Waals surface area contributed by atoms with E-state index in [9.17, 15) is 13.2 Å². The number of alkyl halides is 3. The first-order valence-electron chi connectivity index (χ1n) is 6.39. The second-order valence-electron chi connectivity index (χ2n) is 4.40. The third kappa shape index (κ3) is 4.31. The largest absolute Gasteiger partial charge is 0.470 e. The lowest BCUT2D eigenvalue weighted by Gasteiger charge is -2.09. The molecule has 1 heterocycles. The highest BCUT2D eigenvalue weighted by atomic mass is 19.4. The van der Waals surface area contributed by atoms with Gasteiger partial charge in [0.05, 0.1) is 0 Å². The van der Waals surface area contributed by atoms with Crippen molar-refractivity contribution in [1.29, 1.82) is 0 Å². The highest BCUT2D eigenvalue weighted by Crippen LogP contribution is 2.31. The number of unbranched alkanes of at least 4 members (excludes halogenated alkanes) is 3. The van der Waals surface area contributed by atoms with E-state index in [2.05, 4.69) is 17.1 Å². The lowest BCUT2D eigenvalue weighted by Crippen LogP contribution is -2.04. The van der Waals surface area contributed by atoms with Gasteiger partial charge in [0.1, 0.15) is 0 Å². The van der Waals surface area contributed by atoms with Crippen LogP contribution in [-0.2, 0) is 6.18 Å². The Bertz CT molecular complexity index is 349. The number of hydrogen-bond acceptors (Lipinski definition) is 3. The summed E-state index contributed by atoms with van der Waals surface area (Å²) in [5.74, 6) is -1.20. The van der Waals surface area contributed by atoms with E-state index in [1.54, 1.807) is 0 Å². The molecule has 1 atom stereocenters. The van der Waals surface area contributed by atoms with Crippen molar-refractivity contribution >= 4 is 0 Å². The van der Waals surface area contributed by atoms with E-state index in [0.717, 1.165) is 32.1 Å². The smallest absolute Gasteiger partial charge is 0.417 e. The summed E-state index contributed by atoms with van der Waals surface area (Å²) in [6, 6.07) is 0. The van der Waals surface area contributed by atoms with Crippen molar-refractivity contribution in [3.63, 3.8) is 0 Å². The lowest BCUT2D eigenvalue weighted by molar-refractivity contribution is -0.157. The molecule has 0 aliphatic carbocycles. The van der Waals surface area contributed by atoms with Crippen LogP contribution in [0.5, 0.6) is 0 Å². The highest BCUT2D eigenvalue weighted by molar-refractivity contribution is 4.93. The van der Waals surface area contributed by atoms with Crippen molar-refractivity contribution in [2.75, 3.05) is 0 Å². The predicted molar refractivity (Wildman–Crippen MR) is 61.1 cm³/mol. The summed E-state index contributed by atoms with van der Waals surface area (Å²) in [6.07, 6.45) is 1.32. The molecule has 3 nitrogen and oxygen atoms in total. The van der Waals surface area contributed by atoms with Gasteiger partial charge in [0, 0.05) is 5.92 Å². The zero-order chi connectivity index (χ0) is 13.6. The van der Waals surface area contributed by atoms with Gasteiger partial charge in [-0.05, 0) is 12.8 Å². The molecule has 0 aliphatic heterocycles. The Morgan fingerprint density at radius 2 is 1.83 bits per heavy atom. The summed E-state index contributed by atoms with van der Waals surface area (Å²) in [6.45, 7) is 4.03. The molecule has 0 amide bonds. The van der Waals surface area contributed by atoms with Crippen LogP contribution in [0, 0.1) is 0 Å². The lowest BCUT2D eigenvalue weighted by atomic mass is 9.98. The number of rotatable bonds is 7. The standard InChI is InChI=1S/C12H19F3N2O/c1-3-5-6-7-8-9(4-2)10-16-17-11(18-10)12(13,14)15/h9H,3-8H2,1-2H3. The number of halogens is 3. The van der Waals surface area contributed by atoms with E-state index >= 15 is 0 Å². The molecule has 18 heavy (non-hydrogen) atoms. The van der Waals surface area contributed by atoms with Crippen LogP contribution >= 0.6 is 0 Å². The molecule has 0 aromatic carbocycles. The first-order valence-corrected chi connectivity index (χ1v) is 6.39. The fourth-order valence-electron chi connectivity index (χ4n) is 1.83. The second kappa shape index (κ2) is 6.75. The molecule has 1 aromatic rings. The van der Waals surface area contributed by atoms with Crippen LogP contribution in [0.1, 0.15) is 70.1 Å². The maximum atomic E-state index is 12.3. The van der Waals surface area contributed by atoms with Gasteiger partial charge in [-0.1, -0.05) is 39.5 Å². The van der Waals surface area contributed by atoms with Crippen LogP contribution in [0.4, 0.5) is 13.2 Å². The maximum Gasteiger partial charge on any atom is 0.470 e. The van der Waals surface area contributed by atoms with Gasteiger partial charge in [-0.3, -0.25) is 0 Å². The van der Waals surface area contributed by atoms with E-state index in [1.165, 1.54) is 0 Å². The summed E-state index contributed by atoms with van der Waals surface area (Å²) < 4.78 is 41.7. The van der Waals surface area contributed by atoms with Crippen molar-refractivity contribution in [2.45, 2.75) is 64.5 Å². The Balaban J connectivity index is 2.57. The fourth-order valence-corrected chi connectivity index (χ4v) is 1.83. The molecule has 0 fully saturated rings. The molecular formula is C12H19F3N2O. The van der Waals surface area contributed by atoms with E-state index in [0.29, 0.717) is 6.42 Å². The monoisotopic (exact) mass is 264 g/mol. The summed E-state index contributed by atoms with van der Waals surface area (Å²) in [5, 5.41) is 6.58. The van der Waals surface area contributed by atoms with Gasteiger partial charge in [0.2, 0.25) is 5.89 Å². The zero-order valence-electron chi connectivity index (χ0n) is 10.8. The molecule has 0 N–H and O–H groups in total. The second-order valence-corrected chi connectivity index (χ2v) is 4.40. The molecule has 1 aromatic heterocycles. The van der Waals surface area contributed by atoms with Crippen molar-refractivity contribution < 1.29 is 17.6 Å². The van der Waals surface area contributed by atoms with E-state index in [1.807, 2.05) is 6.92 Å². The number of hydrogen-bond donors (Lipinski definition) is 0. The molecular weight excluding hydrogens is 245 g/mol. The van der Waals surface area contributed by atoms with E-state index in [4.69, 9.17) is 4.42 Å². The quantitative estimate of drug-likeness (QED) is 0.678. The van der Waals surface area contributed by atoms with Gasteiger partial charge in [-0.15, -0.1) is 10.2 Å². The van der Waals surface area contributed by atoms with Gasteiger partial charge in [0.15, 0.2) is 0 Å². The Labute approximate surface area is 105 Å². The summed E-state index contributed by atoms with van der Waals surface area (Å²) in [7, 11) is 0.